The van der Waals surface area contributed by atoms with Crippen LogP contribution in [0.1, 0.15) is 40.5 Å². The Bertz CT molecular complexity index is 1360. The summed E-state index contributed by atoms with van der Waals surface area (Å²) in [6.45, 7) is 9.51. The van der Waals surface area contributed by atoms with Crippen molar-refractivity contribution in [2.24, 2.45) is 0 Å². The minimum atomic E-state index is -0.807. The van der Waals surface area contributed by atoms with E-state index in [-0.39, 0.29) is 17.0 Å². The van der Waals surface area contributed by atoms with E-state index < -0.39 is 23.4 Å². The molecule has 0 bridgehead atoms. The molecule has 3 aromatic rings. The van der Waals surface area contributed by atoms with Crippen LogP contribution in [0.4, 0.5) is 21.0 Å². The second-order valence-electron chi connectivity index (χ2n) is 9.76. The number of anilines is 2. The van der Waals surface area contributed by atoms with Crippen LogP contribution in [0.2, 0.25) is 5.02 Å². The Labute approximate surface area is 237 Å². The molecule has 3 rings (SSSR count). The molecule has 0 saturated heterocycles. The molecule has 0 unspecified atom stereocenters. The highest BCUT2D eigenvalue weighted by Gasteiger charge is 2.23. The van der Waals surface area contributed by atoms with Gasteiger partial charge in [-0.25, -0.2) is 14.4 Å². The summed E-state index contributed by atoms with van der Waals surface area (Å²) in [6, 6.07) is 13.4. The van der Waals surface area contributed by atoms with Crippen LogP contribution in [0.5, 0.6) is 0 Å². The van der Waals surface area contributed by atoms with E-state index in [1.807, 2.05) is 26.8 Å². The highest BCUT2D eigenvalue weighted by atomic mass is 35.5. The van der Waals surface area contributed by atoms with Crippen molar-refractivity contribution < 1.29 is 23.5 Å². The van der Waals surface area contributed by atoms with Crippen LogP contribution in [0.3, 0.4) is 0 Å². The summed E-state index contributed by atoms with van der Waals surface area (Å²) >= 11 is 6.22. The Kier molecular flexibility index (Phi) is 11.3. The predicted molar refractivity (Wildman–Crippen MR) is 153 cm³/mol. The molecule has 1 atom stereocenters. The Hall–Kier alpha value is -4.32. The molecule has 1 heterocycles. The quantitative estimate of drug-likeness (QED) is 0.389. The topological polar surface area (TPSA) is 148 Å². The molecule has 216 valence electrons. The molecular formula is C27H35ClN6O6. The second kappa shape index (κ2) is 14.2. The molecule has 13 heteroatoms. The van der Waals surface area contributed by atoms with Gasteiger partial charge in [-0.1, -0.05) is 50.6 Å². The number of aromatic nitrogens is 2. The molecule has 12 nitrogen and oxygen atoms in total. The van der Waals surface area contributed by atoms with Gasteiger partial charge in [-0.2, -0.15) is 4.68 Å². The van der Waals surface area contributed by atoms with Crippen molar-refractivity contribution in [1.29, 1.82) is 0 Å². The van der Waals surface area contributed by atoms with Crippen LogP contribution in [0.25, 0.3) is 5.69 Å². The molecule has 2 aromatic carbocycles. The summed E-state index contributed by atoms with van der Waals surface area (Å²) in [4.78, 5) is 47.8. The minimum absolute atomic E-state index is 0.275. The van der Waals surface area contributed by atoms with Crippen molar-refractivity contribution in [2.75, 3.05) is 31.3 Å². The number of urea groups is 1. The number of ether oxygens (including phenoxy) is 1. The number of amides is 4. The van der Waals surface area contributed by atoms with Gasteiger partial charge in [0.05, 0.1) is 10.7 Å². The van der Waals surface area contributed by atoms with E-state index in [9.17, 15) is 19.2 Å². The van der Waals surface area contributed by atoms with Gasteiger partial charge >= 0.3 is 17.9 Å². The first-order valence-electron chi connectivity index (χ1n) is 12.4. The van der Waals surface area contributed by atoms with E-state index in [4.69, 9.17) is 20.8 Å². The third kappa shape index (κ3) is 9.45. The van der Waals surface area contributed by atoms with Gasteiger partial charge in [-0.3, -0.25) is 10.1 Å². The van der Waals surface area contributed by atoms with Crippen LogP contribution >= 0.6 is 11.6 Å². The van der Waals surface area contributed by atoms with E-state index >= 15 is 0 Å². The smallest absolute Gasteiger partial charge is 0.436 e. The summed E-state index contributed by atoms with van der Waals surface area (Å²) in [6.07, 6.45) is -1.45. The fourth-order valence-corrected chi connectivity index (χ4v) is 3.19. The fraction of sp³-hybridized carbons (Fsp3) is 0.370. The van der Waals surface area contributed by atoms with Gasteiger partial charge in [0.25, 0.3) is 5.91 Å². The molecule has 4 amide bonds. The number of para-hydroxylation sites is 1. The predicted octanol–water partition coefficient (Wildman–Crippen LogP) is 4.63. The summed E-state index contributed by atoms with van der Waals surface area (Å²) in [5, 5.41) is 12.2. The monoisotopic (exact) mass is 574 g/mol. The lowest BCUT2D eigenvalue weighted by atomic mass is 9.97. The number of nitrogens with zero attached hydrogens (tertiary/aromatic N) is 3. The fourth-order valence-electron chi connectivity index (χ4n) is 2.93. The maximum Gasteiger partial charge on any atom is 0.442 e. The van der Waals surface area contributed by atoms with Crippen LogP contribution in [0, 0.1) is 0 Å². The van der Waals surface area contributed by atoms with E-state index in [2.05, 4.69) is 21.0 Å². The largest absolute Gasteiger partial charge is 0.442 e. The molecule has 3 N–H and O–H groups in total. The SMILES string of the molecule is CCNC(=O)[C@@H](C)OC(=O)Nc1ccccc1.CN(C)C(=O)Nc1ccc(-n2nc(C(C)(C)C)oc2=O)c(Cl)c1. The summed E-state index contributed by atoms with van der Waals surface area (Å²) in [7, 11) is 3.27. The zero-order valence-electron chi connectivity index (χ0n) is 23.6. The number of carbonyl (C=O) groups excluding carboxylic acids is 3. The first-order valence-corrected chi connectivity index (χ1v) is 12.8. The minimum Gasteiger partial charge on any atom is -0.436 e. The standard InChI is InChI=1S/C15H19ClN4O3.C12H16N2O3/c1-15(2,3)12-18-20(14(22)23-12)11-7-6-9(8-10(11)16)17-13(21)19(4)5;1-3-13-11(15)9(2)17-12(16)14-10-7-5-4-6-8-10/h6-8H,1-5H3,(H,17,21);4-9H,3H2,1-2H3,(H,13,15)(H,14,16)/t;9-/m.1/s1. The lowest BCUT2D eigenvalue weighted by molar-refractivity contribution is -0.128. The Morgan fingerprint density at radius 2 is 1.73 bits per heavy atom. The highest BCUT2D eigenvalue weighted by Crippen LogP contribution is 2.25. The Balaban J connectivity index is 0.000000294. The highest BCUT2D eigenvalue weighted by molar-refractivity contribution is 6.32. The summed E-state index contributed by atoms with van der Waals surface area (Å²) < 4.78 is 11.2. The van der Waals surface area contributed by atoms with Gasteiger partial charge < -0.3 is 24.7 Å². The lowest BCUT2D eigenvalue weighted by Crippen LogP contribution is -2.36. The van der Waals surface area contributed by atoms with Crippen molar-refractivity contribution in [3.63, 3.8) is 0 Å². The van der Waals surface area contributed by atoms with Crippen LogP contribution in [-0.4, -0.2) is 59.5 Å². The Morgan fingerprint density at radius 1 is 1.07 bits per heavy atom. The molecule has 0 saturated carbocycles. The summed E-state index contributed by atoms with van der Waals surface area (Å²) in [5.74, 6) is -0.596. The number of likely N-dealkylation sites (N-methyl/N-ethyl adjacent to an activating group) is 1. The van der Waals surface area contributed by atoms with E-state index in [0.717, 1.165) is 4.68 Å². The van der Waals surface area contributed by atoms with Crippen molar-refractivity contribution in [1.82, 2.24) is 20.0 Å². The molecule has 0 aliphatic carbocycles. The zero-order chi connectivity index (χ0) is 30.0. The van der Waals surface area contributed by atoms with Crippen LogP contribution < -0.4 is 21.7 Å². The van der Waals surface area contributed by atoms with Crippen LogP contribution in [-0.2, 0) is 14.9 Å². The van der Waals surface area contributed by atoms with Crippen molar-refractivity contribution >= 4 is 41.0 Å². The molecular weight excluding hydrogens is 540 g/mol. The number of carbonyl (C=O) groups is 3. The number of benzene rings is 2. The lowest BCUT2D eigenvalue weighted by Gasteiger charge is -2.13. The maximum absolute atomic E-state index is 12.0. The van der Waals surface area contributed by atoms with E-state index in [1.54, 1.807) is 63.5 Å². The third-order valence-electron chi connectivity index (χ3n) is 5.05. The van der Waals surface area contributed by atoms with Gasteiger partial charge in [0.2, 0.25) is 5.89 Å². The average molecular weight is 575 g/mol. The number of rotatable bonds is 6. The molecule has 0 aliphatic rings. The number of halogens is 1. The molecule has 40 heavy (non-hydrogen) atoms. The maximum atomic E-state index is 12.0. The van der Waals surface area contributed by atoms with Gasteiger partial charge in [0, 0.05) is 37.4 Å². The van der Waals surface area contributed by atoms with Gasteiger partial charge in [0.15, 0.2) is 6.10 Å². The molecule has 0 fully saturated rings. The first-order chi connectivity index (χ1) is 18.7. The molecule has 0 aliphatic heterocycles. The van der Waals surface area contributed by atoms with Gasteiger partial charge in [-0.05, 0) is 44.2 Å². The molecule has 0 radical (unpaired) electrons. The number of hydrogen-bond acceptors (Lipinski definition) is 7. The van der Waals surface area contributed by atoms with Gasteiger partial charge in [-0.15, -0.1) is 5.10 Å². The Morgan fingerprint density at radius 3 is 2.25 bits per heavy atom. The second-order valence-corrected chi connectivity index (χ2v) is 10.2. The van der Waals surface area contributed by atoms with E-state index in [0.29, 0.717) is 29.5 Å². The van der Waals surface area contributed by atoms with Gasteiger partial charge in [0.1, 0.15) is 0 Å². The van der Waals surface area contributed by atoms with Crippen molar-refractivity contribution in [3.8, 4) is 5.69 Å². The summed E-state index contributed by atoms with van der Waals surface area (Å²) in [5.41, 5.74) is 1.14. The number of nitrogens with one attached hydrogen (secondary N) is 3. The number of hydrogen-bond donors (Lipinski definition) is 3. The normalized spacial score (nSPS) is 11.4. The van der Waals surface area contributed by atoms with Crippen LogP contribution in [0.15, 0.2) is 57.7 Å². The molecule has 0 spiro atoms. The van der Waals surface area contributed by atoms with E-state index in [1.165, 1.54) is 11.8 Å². The third-order valence-corrected chi connectivity index (χ3v) is 5.35. The molecule has 1 aromatic heterocycles. The van der Waals surface area contributed by atoms with Crippen molar-refractivity contribution in [2.45, 2.75) is 46.1 Å². The van der Waals surface area contributed by atoms with Crippen molar-refractivity contribution in [3.05, 3.63) is 70.0 Å². The first kappa shape index (κ1) is 31.9. The zero-order valence-corrected chi connectivity index (χ0v) is 24.3. The average Bonchev–Trinajstić information content (AvgIpc) is 3.27.